The molecule has 76 valence electrons. The minimum absolute atomic E-state index is 0.332. The van der Waals surface area contributed by atoms with Crippen molar-refractivity contribution < 1.29 is 5.11 Å². The Kier molecular flexibility index (Phi) is 4.02. The molecular weight excluding hydrogens is 196 g/mol. The second-order valence-corrected chi connectivity index (χ2v) is 3.84. The quantitative estimate of drug-likeness (QED) is 0.750. The molecular formula is C12H15ClO. The van der Waals surface area contributed by atoms with Gasteiger partial charge >= 0.3 is 0 Å². The van der Waals surface area contributed by atoms with Gasteiger partial charge in [0.05, 0.1) is 0 Å². The van der Waals surface area contributed by atoms with Crippen LogP contribution in [-0.4, -0.2) is 5.11 Å². The van der Waals surface area contributed by atoms with Crippen molar-refractivity contribution in [3.63, 3.8) is 0 Å². The summed E-state index contributed by atoms with van der Waals surface area (Å²) in [5.74, 6) is 0.332. The van der Waals surface area contributed by atoms with Crippen molar-refractivity contribution in [2.24, 2.45) is 0 Å². The van der Waals surface area contributed by atoms with E-state index in [-0.39, 0.29) is 0 Å². The second-order valence-electron chi connectivity index (χ2n) is 3.41. The summed E-state index contributed by atoms with van der Waals surface area (Å²) in [6.45, 7) is 4.11. The lowest BCUT2D eigenvalue weighted by Crippen LogP contribution is -1.87. The number of halogens is 1. The Morgan fingerprint density at radius 2 is 2.21 bits per heavy atom. The number of aryl methyl sites for hydroxylation is 1. The third kappa shape index (κ3) is 3.08. The van der Waals surface area contributed by atoms with Crippen LogP contribution in [0, 0.1) is 0 Å². The maximum Gasteiger partial charge on any atom is 0.118 e. The lowest BCUT2D eigenvalue weighted by atomic mass is 10.0. The van der Waals surface area contributed by atoms with E-state index in [2.05, 4.69) is 13.0 Å². The van der Waals surface area contributed by atoms with Gasteiger partial charge in [-0.15, -0.1) is 0 Å². The second kappa shape index (κ2) is 5.06. The van der Waals surface area contributed by atoms with E-state index in [1.165, 1.54) is 5.57 Å². The summed E-state index contributed by atoms with van der Waals surface area (Å²) in [6.07, 6.45) is 3.88. The highest BCUT2D eigenvalue weighted by Gasteiger charge is 2.01. The van der Waals surface area contributed by atoms with Crippen LogP contribution in [0.1, 0.15) is 25.8 Å². The van der Waals surface area contributed by atoms with Gasteiger partial charge in [-0.1, -0.05) is 23.3 Å². The van der Waals surface area contributed by atoms with Crippen LogP contribution in [-0.2, 0) is 6.42 Å². The molecule has 2 heteroatoms. The zero-order chi connectivity index (χ0) is 10.6. The molecule has 0 atom stereocenters. The Morgan fingerprint density at radius 1 is 1.50 bits per heavy atom. The van der Waals surface area contributed by atoms with Crippen molar-refractivity contribution in [3.8, 4) is 5.75 Å². The maximum atomic E-state index is 9.54. The van der Waals surface area contributed by atoms with E-state index < -0.39 is 0 Å². The molecule has 0 fully saturated rings. The van der Waals surface area contributed by atoms with Crippen molar-refractivity contribution >= 4 is 11.6 Å². The number of benzene rings is 1. The van der Waals surface area contributed by atoms with Gasteiger partial charge in [-0.05, 0) is 50.5 Å². The lowest BCUT2D eigenvalue weighted by Gasteiger charge is -2.05. The number of hydrogen-bond acceptors (Lipinski definition) is 1. The van der Waals surface area contributed by atoms with Crippen molar-refractivity contribution in [2.45, 2.75) is 26.7 Å². The Morgan fingerprint density at radius 3 is 2.86 bits per heavy atom. The fraction of sp³-hybridized carbons (Fsp3) is 0.333. The molecule has 1 rings (SSSR count). The first-order chi connectivity index (χ1) is 6.63. The number of phenolic OH excluding ortho intramolecular Hbond substituents is 1. The summed E-state index contributed by atoms with van der Waals surface area (Å²) >= 11 is 5.84. The number of allylic oxidation sites excluding steroid dienone is 2. The Bertz CT molecular complexity index is 342. The molecule has 1 aromatic rings. The molecule has 0 aliphatic heterocycles. The van der Waals surface area contributed by atoms with Crippen molar-refractivity contribution in [1.82, 2.24) is 0 Å². The standard InChI is InChI=1S/C12H15ClO/c1-3-9(2)4-5-10-8-11(13)6-7-12(10)14/h3,6-8,14H,4-5H2,1-2H3/b9-3+. The van der Waals surface area contributed by atoms with E-state index in [1.807, 2.05) is 13.0 Å². The van der Waals surface area contributed by atoms with Gasteiger partial charge < -0.3 is 5.11 Å². The maximum absolute atomic E-state index is 9.54. The molecule has 1 aromatic carbocycles. The molecule has 0 aliphatic carbocycles. The van der Waals surface area contributed by atoms with Crippen molar-refractivity contribution in [1.29, 1.82) is 0 Å². The molecule has 0 saturated heterocycles. The van der Waals surface area contributed by atoms with Crippen LogP contribution >= 0.6 is 11.6 Å². The molecule has 0 spiro atoms. The Balaban J connectivity index is 2.71. The molecule has 1 nitrogen and oxygen atoms in total. The topological polar surface area (TPSA) is 20.2 Å². The van der Waals surface area contributed by atoms with E-state index >= 15 is 0 Å². The monoisotopic (exact) mass is 210 g/mol. The van der Waals surface area contributed by atoms with Gasteiger partial charge in [0, 0.05) is 5.02 Å². The van der Waals surface area contributed by atoms with Gasteiger partial charge in [0.2, 0.25) is 0 Å². The van der Waals surface area contributed by atoms with Crippen LogP contribution in [0.4, 0.5) is 0 Å². The van der Waals surface area contributed by atoms with Crippen LogP contribution < -0.4 is 0 Å². The van der Waals surface area contributed by atoms with Crippen molar-refractivity contribution in [2.75, 3.05) is 0 Å². The highest BCUT2D eigenvalue weighted by molar-refractivity contribution is 6.30. The zero-order valence-corrected chi connectivity index (χ0v) is 9.30. The lowest BCUT2D eigenvalue weighted by molar-refractivity contribution is 0.468. The largest absolute Gasteiger partial charge is 0.508 e. The van der Waals surface area contributed by atoms with Gasteiger partial charge in [0.15, 0.2) is 0 Å². The van der Waals surface area contributed by atoms with E-state index in [0.29, 0.717) is 10.8 Å². The number of hydrogen-bond donors (Lipinski definition) is 1. The predicted molar refractivity (Wildman–Crippen MR) is 60.9 cm³/mol. The third-order valence-corrected chi connectivity index (χ3v) is 2.56. The fourth-order valence-corrected chi connectivity index (χ4v) is 1.43. The number of rotatable bonds is 3. The highest BCUT2D eigenvalue weighted by atomic mass is 35.5. The molecule has 0 amide bonds. The fourth-order valence-electron chi connectivity index (χ4n) is 1.23. The smallest absolute Gasteiger partial charge is 0.118 e. The van der Waals surface area contributed by atoms with Crippen LogP contribution in [0.25, 0.3) is 0 Å². The Hall–Kier alpha value is -0.950. The van der Waals surface area contributed by atoms with Crippen LogP contribution in [0.5, 0.6) is 5.75 Å². The minimum atomic E-state index is 0.332. The molecule has 0 bridgehead atoms. The number of aromatic hydroxyl groups is 1. The Labute approximate surface area is 90.0 Å². The number of phenols is 1. The average Bonchev–Trinajstić information content (AvgIpc) is 2.19. The molecule has 1 N–H and O–H groups in total. The van der Waals surface area contributed by atoms with Crippen LogP contribution in [0.15, 0.2) is 29.8 Å². The highest BCUT2D eigenvalue weighted by Crippen LogP contribution is 2.23. The molecule has 14 heavy (non-hydrogen) atoms. The summed E-state index contributed by atoms with van der Waals surface area (Å²) < 4.78 is 0. The molecule has 0 saturated carbocycles. The summed E-state index contributed by atoms with van der Waals surface area (Å²) in [5, 5.41) is 10.2. The first-order valence-electron chi connectivity index (χ1n) is 4.72. The molecule has 0 unspecified atom stereocenters. The van der Waals surface area contributed by atoms with E-state index in [0.717, 1.165) is 18.4 Å². The normalized spacial score (nSPS) is 11.8. The average molecular weight is 211 g/mol. The summed E-state index contributed by atoms with van der Waals surface area (Å²) in [6, 6.07) is 5.16. The summed E-state index contributed by atoms with van der Waals surface area (Å²) in [7, 11) is 0. The minimum Gasteiger partial charge on any atom is -0.508 e. The van der Waals surface area contributed by atoms with Gasteiger partial charge in [-0.25, -0.2) is 0 Å². The van der Waals surface area contributed by atoms with Gasteiger partial charge in [-0.3, -0.25) is 0 Å². The molecule has 0 radical (unpaired) electrons. The van der Waals surface area contributed by atoms with E-state index in [4.69, 9.17) is 11.6 Å². The third-order valence-electron chi connectivity index (χ3n) is 2.32. The molecule has 0 heterocycles. The summed E-state index contributed by atoms with van der Waals surface area (Å²) in [5.41, 5.74) is 2.24. The van der Waals surface area contributed by atoms with Crippen LogP contribution in [0.3, 0.4) is 0 Å². The van der Waals surface area contributed by atoms with E-state index in [9.17, 15) is 5.11 Å². The van der Waals surface area contributed by atoms with Crippen LogP contribution in [0.2, 0.25) is 5.02 Å². The van der Waals surface area contributed by atoms with E-state index in [1.54, 1.807) is 12.1 Å². The SMILES string of the molecule is C/C=C(\C)CCc1cc(Cl)ccc1O. The predicted octanol–water partition coefficient (Wildman–Crippen LogP) is 3.94. The van der Waals surface area contributed by atoms with Gasteiger partial charge in [-0.2, -0.15) is 0 Å². The summed E-state index contributed by atoms with van der Waals surface area (Å²) in [4.78, 5) is 0. The molecule has 0 aliphatic rings. The first kappa shape index (κ1) is 11.1. The molecule has 0 aromatic heterocycles. The first-order valence-corrected chi connectivity index (χ1v) is 5.10. The van der Waals surface area contributed by atoms with Gasteiger partial charge in [0.25, 0.3) is 0 Å². The zero-order valence-electron chi connectivity index (χ0n) is 8.55. The van der Waals surface area contributed by atoms with Crippen molar-refractivity contribution in [3.05, 3.63) is 40.4 Å². The van der Waals surface area contributed by atoms with Gasteiger partial charge in [0.1, 0.15) is 5.75 Å².